The molecule has 0 atom stereocenters. The van der Waals surface area contributed by atoms with E-state index in [4.69, 9.17) is 8.94 Å². The highest BCUT2D eigenvalue weighted by Crippen LogP contribution is 2.30. The van der Waals surface area contributed by atoms with Crippen molar-refractivity contribution in [2.75, 3.05) is 13.1 Å². The van der Waals surface area contributed by atoms with Crippen molar-refractivity contribution in [3.8, 4) is 11.4 Å². The third kappa shape index (κ3) is 5.68. The molecule has 0 aliphatic heterocycles. The van der Waals surface area contributed by atoms with Gasteiger partial charge in [0.25, 0.3) is 5.91 Å². The largest absolute Gasteiger partial charge is 0.459 e. The summed E-state index contributed by atoms with van der Waals surface area (Å²) < 4.78 is 48.8. The van der Waals surface area contributed by atoms with Crippen LogP contribution >= 0.6 is 0 Å². The molecule has 2 aromatic carbocycles. The summed E-state index contributed by atoms with van der Waals surface area (Å²) in [7, 11) is 0. The highest BCUT2D eigenvalue weighted by molar-refractivity contribution is 5.91. The number of amides is 1. The number of carbonyl (C=O) groups is 1. The Kier molecular flexibility index (Phi) is 6.58. The van der Waals surface area contributed by atoms with Crippen LogP contribution in [0.4, 0.5) is 13.2 Å². The number of aromatic nitrogens is 2. The van der Waals surface area contributed by atoms with Gasteiger partial charge in [-0.15, -0.1) is 0 Å². The molecule has 9 heteroatoms. The fraction of sp³-hybridized carbons (Fsp3) is 0.208. The molecule has 170 valence electrons. The number of alkyl halides is 3. The first-order valence-corrected chi connectivity index (χ1v) is 10.3. The number of halogens is 3. The van der Waals surface area contributed by atoms with Gasteiger partial charge in [-0.1, -0.05) is 47.6 Å². The minimum absolute atomic E-state index is 0.187. The summed E-state index contributed by atoms with van der Waals surface area (Å²) in [6.07, 6.45) is -2.02. The Balaban J connectivity index is 1.43. The van der Waals surface area contributed by atoms with E-state index in [-0.39, 0.29) is 29.8 Å². The molecular weight excluding hydrogens is 435 g/mol. The number of rotatable bonds is 8. The first-order valence-electron chi connectivity index (χ1n) is 10.3. The fourth-order valence-electron chi connectivity index (χ4n) is 3.29. The van der Waals surface area contributed by atoms with Crippen LogP contribution < -0.4 is 0 Å². The molecule has 0 aliphatic carbocycles. The summed E-state index contributed by atoms with van der Waals surface area (Å²) >= 11 is 0. The average molecular weight is 455 g/mol. The molecule has 1 amide bonds. The van der Waals surface area contributed by atoms with Crippen molar-refractivity contribution in [2.24, 2.45) is 0 Å². The van der Waals surface area contributed by atoms with E-state index >= 15 is 0 Å². The quantitative estimate of drug-likeness (QED) is 0.362. The molecule has 0 N–H and O–H groups in total. The van der Waals surface area contributed by atoms with Gasteiger partial charge >= 0.3 is 6.18 Å². The number of furan rings is 1. The Morgan fingerprint density at radius 2 is 1.64 bits per heavy atom. The predicted molar refractivity (Wildman–Crippen MR) is 113 cm³/mol. The molecule has 0 fully saturated rings. The molecule has 0 unspecified atom stereocenters. The molecule has 4 rings (SSSR count). The summed E-state index contributed by atoms with van der Waals surface area (Å²) in [4.78, 5) is 18.8. The van der Waals surface area contributed by atoms with Gasteiger partial charge in [0.2, 0.25) is 11.7 Å². The Hall–Kier alpha value is -3.88. The van der Waals surface area contributed by atoms with Gasteiger partial charge < -0.3 is 13.8 Å². The second-order valence-electron chi connectivity index (χ2n) is 7.34. The van der Waals surface area contributed by atoms with Crippen molar-refractivity contribution in [3.63, 3.8) is 0 Å². The molecule has 0 bridgehead atoms. The normalized spacial score (nSPS) is 11.5. The van der Waals surface area contributed by atoms with Crippen LogP contribution in [0.1, 0.15) is 27.6 Å². The van der Waals surface area contributed by atoms with Crippen molar-refractivity contribution in [3.05, 3.63) is 95.8 Å². The number of carbonyl (C=O) groups excluding carboxylic acids is 1. The zero-order valence-electron chi connectivity index (χ0n) is 17.5. The minimum Gasteiger partial charge on any atom is -0.459 e. The van der Waals surface area contributed by atoms with Crippen LogP contribution in [0.5, 0.6) is 0 Å². The van der Waals surface area contributed by atoms with Gasteiger partial charge in [-0.3, -0.25) is 4.79 Å². The third-order valence-electron chi connectivity index (χ3n) is 5.07. The lowest BCUT2D eigenvalue weighted by molar-refractivity contribution is -0.137. The van der Waals surface area contributed by atoms with Gasteiger partial charge in [0, 0.05) is 25.1 Å². The van der Waals surface area contributed by atoms with Crippen molar-refractivity contribution < 1.29 is 26.9 Å². The van der Waals surface area contributed by atoms with Crippen molar-refractivity contribution in [1.82, 2.24) is 15.0 Å². The second kappa shape index (κ2) is 9.72. The number of benzene rings is 2. The number of hydrogen-bond acceptors (Lipinski definition) is 5. The standard InChI is InChI=1S/C24H20F3N3O3/c25-24(26,27)19-10-8-18(9-11-19)22-28-21(33-29-22)13-15-30(23(31)20-7-4-16-32-20)14-12-17-5-2-1-3-6-17/h1-11,16H,12-15H2. The summed E-state index contributed by atoms with van der Waals surface area (Å²) in [5.74, 6) is 0.450. The number of hydrogen-bond donors (Lipinski definition) is 0. The van der Waals surface area contributed by atoms with Crippen molar-refractivity contribution >= 4 is 5.91 Å². The minimum atomic E-state index is -4.41. The molecule has 33 heavy (non-hydrogen) atoms. The maximum absolute atomic E-state index is 12.9. The van der Waals surface area contributed by atoms with Gasteiger partial charge in [-0.2, -0.15) is 18.2 Å². The number of nitrogens with zero attached hydrogens (tertiary/aromatic N) is 3. The first-order chi connectivity index (χ1) is 15.9. The highest BCUT2D eigenvalue weighted by Gasteiger charge is 2.30. The predicted octanol–water partition coefficient (Wildman–Crippen LogP) is 5.28. The van der Waals surface area contributed by atoms with Gasteiger partial charge in [0.15, 0.2) is 5.76 Å². The van der Waals surface area contributed by atoms with Gasteiger partial charge in [-0.05, 0) is 36.2 Å². The lowest BCUT2D eigenvalue weighted by atomic mass is 10.1. The highest BCUT2D eigenvalue weighted by atomic mass is 19.4. The lowest BCUT2D eigenvalue weighted by Crippen LogP contribution is -2.34. The zero-order valence-corrected chi connectivity index (χ0v) is 17.5. The topological polar surface area (TPSA) is 72.4 Å². The van der Waals surface area contributed by atoms with Crippen LogP contribution in [0.2, 0.25) is 0 Å². The van der Waals surface area contributed by atoms with Gasteiger partial charge in [0.05, 0.1) is 11.8 Å². The SMILES string of the molecule is O=C(c1ccco1)N(CCc1ccccc1)CCc1nc(-c2ccc(C(F)(F)F)cc2)no1. The summed E-state index contributed by atoms with van der Waals surface area (Å²) in [5.41, 5.74) is 0.753. The van der Waals surface area contributed by atoms with Gasteiger partial charge in [-0.25, -0.2) is 0 Å². The maximum Gasteiger partial charge on any atom is 0.416 e. The Morgan fingerprint density at radius 1 is 0.909 bits per heavy atom. The molecule has 4 aromatic rings. The zero-order chi connectivity index (χ0) is 23.3. The van der Waals surface area contributed by atoms with Crippen molar-refractivity contribution in [2.45, 2.75) is 19.0 Å². The van der Waals surface area contributed by atoms with Crippen LogP contribution in [-0.2, 0) is 19.0 Å². The van der Waals surface area contributed by atoms with Crippen LogP contribution in [-0.4, -0.2) is 34.0 Å². The van der Waals surface area contributed by atoms with Crippen LogP contribution in [0.25, 0.3) is 11.4 Å². The van der Waals surface area contributed by atoms with Gasteiger partial charge in [0.1, 0.15) is 0 Å². The molecule has 0 saturated heterocycles. The molecule has 0 radical (unpaired) electrons. The average Bonchev–Trinajstić information content (AvgIpc) is 3.52. The van der Waals surface area contributed by atoms with Crippen LogP contribution in [0.15, 0.2) is 81.9 Å². The van der Waals surface area contributed by atoms with Crippen LogP contribution in [0.3, 0.4) is 0 Å². The Bertz CT molecular complexity index is 1170. The molecule has 2 aromatic heterocycles. The maximum atomic E-state index is 12.9. The van der Waals surface area contributed by atoms with E-state index < -0.39 is 11.7 Å². The summed E-state index contributed by atoms with van der Waals surface area (Å²) in [6, 6.07) is 17.6. The van der Waals surface area contributed by atoms with E-state index in [1.54, 1.807) is 17.0 Å². The van der Waals surface area contributed by atoms with E-state index in [2.05, 4.69) is 10.1 Å². The molecule has 0 spiro atoms. The first kappa shape index (κ1) is 22.3. The van der Waals surface area contributed by atoms with E-state index in [9.17, 15) is 18.0 Å². The monoisotopic (exact) mass is 455 g/mol. The molecule has 2 heterocycles. The fourth-order valence-corrected chi connectivity index (χ4v) is 3.29. The molecule has 0 aliphatic rings. The molecule has 6 nitrogen and oxygen atoms in total. The van der Waals surface area contributed by atoms with E-state index in [1.807, 2.05) is 30.3 Å². The smallest absolute Gasteiger partial charge is 0.416 e. The van der Waals surface area contributed by atoms with E-state index in [0.29, 0.717) is 25.1 Å². The van der Waals surface area contributed by atoms with Crippen molar-refractivity contribution in [1.29, 1.82) is 0 Å². The Morgan fingerprint density at radius 3 is 2.30 bits per heavy atom. The molecule has 0 saturated carbocycles. The Labute approximate surface area is 187 Å². The summed E-state index contributed by atoms with van der Waals surface area (Å²) in [5, 5.41) is 3.86. The van der Waals surface area contributed by atoms with E-state index in [1.165, 1.54) is 18.4 Å². The summed E-state index contributed by atoms with van der Waals surface area (Å²) in [6.45, 7) is 0.768. The van der Waals surface area contributed by atoms with Crippen LogP contribution in [0, 0.1) is 0 Å². The van der Waals surface area contributed by atoms with E-state index in [0.717, 1.165) is 17.7 Å². The molecular formula is C24H20F3N3O3. The lowest BCUT2D eigenvalue weighted by Gasteiger charge is -2.21. The third-order valence-corrected chi connectivity index (χ3v) is 5.07. The second-order valence-corrected chi connectivity index (χ2v) is 7.34.